The highest BCUT2D eigenvalue weighted by atomic mass is 16.6. The van der Waals surface area contributed by atoms with Crippen molar-refractivity contribution >= 4 is 38.3 Å². The van der Waals surface area contributed by atoms with Crippen LogP contribution in [0.3, 0.4) is 0 Å². The lowest BCUT2D eigenvalue weighted by Gasteiger charge is -2.13. The summed E-state index contributed by atoms with van der Waals surface area (Å²) in [5, 5.41) is 15.3. The molecule has 0 bridgehead atoms. The molecule has 0 saturated heterocycles. The highest BCUT2D eigenvalue weighted by Crippen LogP contribution is 2.37. The van der Waals surface area contributed by atoms with Gasteiger partial charge < -0.3 is 0 Å². The Morgan fingerprint density at radius 1 is 0.704 bits per heavy atom. The van der Waals surface area contributed by atoms with E-state index in [1.165, 1.54) is 0 Å². The molecule has 0 saturated carbocycles. The smallest absolute Gasteiger partial charge is 0.258 e. The van der Waals surface area contributed by atoms with Crippen molar-refractivity contribution in [3.63, 3.8) is 0 Å². The van der Waals surface area contributed by atoms with E-state index in [1.807, 2.05) is 48.5 Å². The average Bonchev–Trinajstić information content (AvgIpc) is 2.72. The molecule has 0 aliphatic heterocycles. The van der Waals surface area contributed by atoms with Crippen molar-refractivity contribution in [3.05, 3.63) is 95.0 Å². The van der Waals surface area contributed by atoms with Gasteiger partial charge in [-0.1, -0.05) is 54.6 Å². The molecular formula is C23H14N2O2. The molecule has 0 aliphatic carbocycles. The number of para-hydroxylation sites is 1. The molecule has 4 nitrogen and oxygen atoms in total. The Bertz CT molecular complexity index is 1340. The molecule has 0 radical (unpaired) electrons. The number of non-ortho nitro benzene ring substituents is 1. The number of hydrogen-bond acceptors (Lipinski definition) is 3. The number of nitro benzene ring substituents is 1. The number of rotatable bonds is 2. The molecular weight excluding hydrogens is 336 g/mol. The summed E-state index contributed by atoms with van der Waals surface area (Å²) in [4.78, 5) is 15.6. The number of nitrogens with zero attached hydrogens (tertiary/aromatic N) is 2. The number of fused-ring (bicyclic) bond motifs is 4. The summed E-state index contributed by atoms with van der Waals surface area (Å²) < 4.78 is 0. The van der Waals surface area contributed by atoms with Crippen LogP contribution in [-0.4, -0.2) is 9.91 Å². The molecule has 0 atom stereocenters. The monoisotopic (exact) mass is 350 g/mol. The molecule has 5 aromatic rings. The Morgan fingerprint density at radius 2 is 1.41 bits per heavy atom. The first kappa shape index (κ1) is 15.5. The first-order chi connectivity index (χ1) is 13.2. The van der Waals surface area contributed by atoms with Crippen molar-refractivity contribution in [2.45, 2.75) is 0 Å². The Labute approximate surface area is 154 Å². The summed E-state index contributed by atoms with van der Waals surface area (Å²) in [6.07, 6.45) is 0. The molecule has 0 fully saturated rings. The zero-order chi connectivity index (χ0) is 18.4. The van der Waals surface area contributed by atoms with Gasteiger partial charge in [0.2, 0.25) is 0 Å². The van der Waals surface area contributed by atoms with Gasteiger partial charge >= 0.3 is 0 Å². The molecule has 0 unspecified atom stereocenters. The summed E-state index contributed by atoms with van der Waals surface area (Å²) in [6.45, 7) is 0. The third-order valence-corrected chi connectivity index (χ3v) is 4.94. The predicted octanol–water partition coefficient (Wildman–Crippen LogP) is 6.12. The maximum atomic E-state index is 11.0. The van der Waals surface area contributed by atoms with E-state index in [9.17, 15) is 10.1 Å². The van der Waals surface area contributed by atoms with E-state index in [2.05, 4.69) is 24.3 Å². The number of nitro groups is 1. The third kappa shape index (κ3) is 2.42. The van der Waals surface area contributed by atoms with E-state index in [4.69, 9.17) is 4.98 Å². The number of aromatic nitrogens is 1. The van der Waals surface area contributed by atoms with Gasteiger partial charge in [-0.2, -0.15) is 0 Å². The van der Waals surface area contributed by atoms with Crippen LogP contribution in [0.4, 0.5) is 5.69 Å². The van der Waals surface area contributed by atoms with Crippen molar-refractivity contribution in [3.8, 4) is 11.1 Å². The minimum Gasteiger partial charge on any atom is -0.258 e. The second-order valence-electron chi connectivity index (χ2n) is 6.49. The van der Waals surface area contributed by atoms with E-state index < -0.39 is 0 Å². The molecule has 4 heteroatoms. The maximum Gasteiger partial charge on any atom is 0.269 e. The van der Waals surface area contributed by atoms with Gasteiger partial charge in [-0.15, -0.1) is 0 Å². The first-order valence-corrected chi connectivity index (χ1v) is 8.67. The van der Waals surface area contributed by atoms with Crippen molar-refractivity contribution in [2.75, 3.05) is 0 Å². The molecule has 0 N–H and O–H groups in total. The van der Waals surface area contributed by atoms with Crippen LogP contribution in [0.15, 0.2) is 84.9 Å². The molecule has 0 aliphatic rings. The fourth-order valence-electron chi connectivity index (χ4n) is 3.69. The SMILES string of the molecule is O=[N+]([O-])c1ccc(-c2c3ccccc3nc3c2ccc2ccccc23)cc1. The molecule has 0 spiro atoms. The van der Waals surface area contributed by atoms with E-state index >= 15 is 0 Å². The third-order valence-electron chi connectivity index (χ3n) is 4.94. The average molecular weight is 350 g/mol. The summed E-state index contributed by atoms with van der Waals surface area (Å²) >= 11 is 0. The van der Waals surface area contributed by atoms with Crippen LogP contribution in [-0.2, 0) is 0 Å². The molecule has 1 heterocycles. The number of hydrogen-bond donors (Lipinski definition) is 0. The predicted molar refractivity (Wildman–Crippen MR) is 109 cm³/mol. The van der Waals surface area contributed by atoms with Crippen LogP contribution in [0.25, 0.3) is 43.7 Å². The van der Waals surface area contributed by atoms with Gasteiger partial charge in [-0.3, -0.25) is 10.1 Å². The Kier molecular flexibility index (Phi) is 3.37. The normalized spacial score (nSPS) is 11.3. The highest BCUT2D eigenvalue weighted by molar-refractivity contribution is 6.16. The van der Waals surface area contributed by atoms with E-state index in [0.29, 0.717) is 0 Å². The van der Waals surface area contributed by atoms with Gasteiger partial charge in [0.15, 0.2) is 0 Å². The summed E-state index contributed by atoms with van der Waals surface area (Å²) in [7, 11) is 0. The van der Waals surface area contributed by atoms with Crippen LogP contribution in [0, 0.1) is 10.1 Å². The second kappa shape index (κ2) is 5.88. The lowest BCUT2D eigenvalue weighted by Crippen LogP contribution is -1.91. The van der Waals surface area contributed by atoms with Gasteiger partial charge in [0.25, 0.3) is 5.69 Å². The molecule has 27 heavy (non-hydrogen) atoms. The number of benzene rings is 4. The van der Waals surface area contributed by atoms with Crippen LogP contribution in [0.2, 0.25) is 0 Å². The van der Waals surface area contributed by atoms with Crippen molar-refractivity contribution in [1.29, 1.82) is 0 Å². The van der Waals surface area contributed by atoms with Crippen molar-refractivity contribution in [2.24, 2.45) is 0 Å². The lowest BCUT2D eigenvalue weighted by molar-refractivity contribution is -0.384. The highest BCUT2D eigenvalue weighted by Gasteiger charge is 2.14. The van der Waals surface area contributed by atoms with Gasteiger partial charge in [0.05, 0.1) is 16.0 Å². The van der Waals surface area contributed by atoms with Gasteiger partial charge in [-0.05, 0) is 29.1 Å². The van der Waals surface area contributed by atoms with E-state index in [0.717, 1.165) is 43.7 Å². The topological polar surface area (TPSA) is 56.0 Å². The lowest BCUT2D eigenvalue weighted by atomic mass is 9.94. The van der Waals surface area contributed by atoms with Crippen LogP contribution in [0.5, 0.6) is 0 Å². The summed E-state index contributed by atoms with van der Waals surface area (Å²) in [6, 6.07) is 27.2. The zero-order valence-electron chi connectivity index (χ0n) is 14.3. The Balaban J connectivity index is 1.93. The minimum atomic E-state index is -0.375. The standard InChI is InChI=1S/C23H14N2O2/c26-25(27)17-12-9-16(10-13-17)22-19-7-3-4-8-21(19)24-23-18-6-2-1-5-15(18)11-14-20(22)23/h1-14H. The molecule has 4 aromatic carbocycles. The van der Waals surface area contributed by atoms with E-state index in [1.54, 1.807) is 12.1 Å². The van der Waals surface area contributed by atoms with Crippen molar-refractivity contribution < 1.29 is 4.92 Å². The Morgan fingerprint density at radius 3 is 2.19 bits per heavy atom. The van der Waals surface area contributed by atoms with Crippen molar-refractivity contribution in [1.82, 2.24) is 4.98 Å². The van der Waals surface area contributed by atoms with Gasteiger partial charge in [0.1, 0.15) is 0 Å². The van der Waals surface area contributed by atoms with Crippen LogP contribution < -0.4 is 0 Å². The van der Waals surface area contributed by atoms with E-state index in [-0.39, 0.29) is 10.6 Å². The minimum absolute atomic E-state index is 0.0897. The fraction of sp³-hybridized carbons (Fsp3) is 0. The zero-order valence-corrected chi connectivity index (χ0v) is 14.3. The molecule has 128 valence electrons. The Hall–Kier alpha value is -3.79. The maximum absolute atomic E-state index is 11.0. The summed E-state index contributed by atoms with van der Waals surface area (Å²) in [5.41, 5.74) is 3.94. The van der Waals surface area contributed by atoms with Crippen LogP contribution in [0.1, 0.15) is 0 Å². The second-order valence-corrected chi connectivity index (χ2v) is 6.49. The molecule has 5 rings (SSSR count). The number of pyridine rings is 1. The molecule has 1 aromatic heterocycles. The molecule has 0 amide bonds. The largest absolute Gasteiger partial charge is 0.269 e. The summed E-state index contributed by atoms with van der Waals surface area (Å²) in [5.74, 6) is 0. The van der Waals surface area contributed by atoms with Gasteiger partial charge in [0, 0.05) is 33.9 Å². The first-order valence-electron chi connectivity index (χ1n) is 8.67. The fourth-order valence-corrected chi connectivity index (χ4v) is 3.69. The quantitative estimate of drug-likeness (QED) is 0.167. The van der Waals surface area contributed by atoms with Gasteiger partial charge in [-0.25, -0.2) is 4.98 Å². The van der Waals surface area contributed by atoms with Crippen LogP contribution >= 0.6 is 0 Å².